The van der Waals surface area contributed by atoms with Crippen LogP contribution in [0.4, 0.5) is 17.5 Å². The molecule has 0 radical (unpaired) electrons. The highest BCUT2D eigenvalue weighted by atomic mass is 16.6. The van der Waals surface area contributed by atoms with Gasteiger partial charge in [-0.2, -0.15) is 4.98 Å². The Morgan fingerprint density at radius 1 is 1.13 bits per heavy atom. The molecule has 9 nitrogen and oxygen atoms in total. The van der Waals surface area contributed by atoms with Crippen molar-refractivity contribution in [3.8, 4) is 0 Å². The summed E-state index contributed by atoms with van der Waals surface area (Å²) in [5.41, 5.74) is 14.1. The smallest absolute Gasteiger partial charge is 0.332 e. The van der Waals surface area contributed by atoms with E-state index in [0.29, 0.717) is 30.5 Å². The lowest BCUT2D eigenvalue weighted by Crippen LogP contribution is -2.27. The molecule has 5 N–H and O–H groups in total. The first kappa shape index (κ1) is 20.0. The first-order valence-electron chi connectivity index (χ1n) is 10.1. The minimum absolute atomic E-state index is 0.111. The van der Waals surface area contributed by atoms with Crippen LogP contribution in [-0.2, 0) is 13.0 Å². The van der Waals surface area contributed by atoms with E-state index in [1.54, 1.807) is 6.20 Å². The van der Waals surface area contributed by atoms with Crippen molar-refractivity contribution >= 4 is 28.4 Å². The first-order chi connectivity index (χ1) is 14.5. The summed E-state index contributed by atoms with van der Waals surface area (Å²) in [5, 5.41) is 15.8. The molecule has 30 heavy (non-hydrogen) atoms. The molecule has 0 bridgehead atoms. The number of aromatic nitrogens is 3. The van der Waals surface area contributed by atoms with Crippen LogP contribution in [0.15, 0.2) is 36.5 Å². The third-order valence-electron chi connectivity index (χ3n) is 5.72. The van der Waals surface area contributed by atoms with Gasteiger partial charge in [0.05, 0.1) is 10.4 Å². The van der Waals surface area contributed by atoms with Crippen molar-refractivity contribution < 1.29 is 4.92 Å². The van der Waals surface area contributed by atoms with Crippen molar-refractivity contribution in [1.29, 1.82) is 0 Å². The first-order valence-corrected chi connectivity index (χ1v) is 10.1. The van der Waals surface area contributed by atoms with Gasteiger partial charge in [0.25, 0.3) is 0 Å². The second-order valence-corrected chi connectivity index (χ2v) is 7.81. The Balaban J connectivity index is 1.57. The van der Waals surface area contributed by atoms with E-state index in [9.17, 15) is 10.1 Å². The number of rotatable bonds is 6. The molecule has 2 heterocycles. The van der Waals surface area contributed by atoms with Gasteiger partial charge < -0.3 is 16.8 Å². The van der Waals surface area contributed by atoms with E-state index in [1.807, 2.05) is 30.3 Å². The number of anilines is 2. The van der Waals surface area contributed by atoms with Crippen molar-refractivity contribution in [2.75, 3.05) is 11.1 Å². The molecule has 0 unspecified atom stereocenters. The lowest BCUT2D eigenvalue weighted by molar-refractivity contribution is -0.385. The quantitative estimate of drug-likeness (QED) is 0.417. The highest BCUT2D eigenvalue weighted by Crippen LogP contribution is 2.32. The number of nitrogens with two attached hydrogens (primary N) is 2. The van der Waals surface area contributed by atoms with E-state index < -0.39 is 4.92 Å². The fourth-order valence-electron chi connectivity index (χ4n) is 4.09. The second kappa shape index (κ2) is 8.58. The highest BCUT2D eigenvalue weighted by molar-refractivity contribution is 5.82. The molecule has 1 fully saturated rings. The molecule has 3 aromatic rings. The molecule has 0 amide bonds. The van der Waals surface area contributed by atoms with Gasteiger partial charge >= 0.3 is 5.69 Å². The standard InChI is InChI=1S/C21H25N7O2/c22-15-7-5-13(6-8-15)11-18-19(28(29)30)20(23)27-21(26-18)25-12-14-9-10-24-17-4-2-1-3-16(14)17/h1-4,9-10,13,15H,5-8,11-12,22H2,(H3,23,25,26,27). The number of hydrogen-bond donors (Lipinski definition) is 3. The number of nitrogens with one attached hydrogen (secondary N) is 1. The number of fused-ring (bicyclic) bond motifs is 1. The molecule has 0 saturated heterocycles. The molecule has 9 heteroatoms. The predicted octanol–water partition coefficient (Wildman–Crippen LogP) is 3.19. The van der Waals surface area contributed by atoms with Crippen LogP contribution in [0.1, 0.15) is 36.9 Å². The number of benzene rings is 1. The average molecular weight is 407 g/mol. The van der Waals surface area contributed by atoms with Gasteiger partial charge in [0.1, 0.15) is 5.69 Å². The van der Waals surface area contributed by atoms with Crippen LogP contribution < -0.4 is 16.8 Å². The monoisotopic (exact) mass is 407 g/mol. The summed E-state index contributed by atoms with van der Waals surface area (Å²) in [5.74, 6) is 0.496. The SMILES string of the molecule is Nc1nc(NCc2ccnc3ccccc23)nc(CC2CCC(N)CC2)c1[N+](=O)[O-]. The lowest BCUT2D eigenvalue weighted by atomic mass is 9.83. The van der Waals surface area contributed by atoms with E-state index in [-0.39, 0.29) is 17.5 Å². The second-order valence-electron chi connectivity index (χ2n) is 7.81. The van der Waals surface area contributed by atoms with E-state index in [0.717, 1.165) is 42.1 Å². The summed E-state index contributed by atoms with van der Waals surface area (Å²) in [6.45, 7) is 0.456. The number of hydrogen-bond acceptors (Lipinski definition) is 8. The maximum Gasteiger partial charge on any atom is 0.332 e. The van der Waals surface area contributed by atoms with Crippen molar-refractivity contribution in [2.24, 2.45) is 11.7 Å². The summed E-state index contributed by atoms with van der Waals surface area (Å²) in [6, 6.07) is 10.0. The molecular weight excluding hydrogens is 382 g/mol. The van der Waals surface area contributed by atoms with E-state index in [2.05, 4.69) is 20.3 Å². The molecule has 0 aliphatic heterocycles. The zero-order chi connectivity index (χ0) is 21.1. The van der Waals surface area contributed by atoms with Crippen LogP contribution in [0.2, 0.25) is 0 Å². The summed E-state index contributed by atoms with van der Waals surface area (Å²) >= 11 is 0. The van der Waals surface area contributed by atoms with Crippen molar-refractivity contribution in [1.82, 2.24) is 15.0 Å². The van der Waals surface area contributed by atoms with Gasteiger partial charge in [-0.15, -0.1) is 0 Å². The van der Waals surface area contributed by atoms with Crippen LogP contribution in [-0.4, -0.2) is 25.9 Å². The zero-order valence-corrected chi connectivity index (χ0v) is 16.6. The van der Waals surface area contributed by atoms with Gasteiger partial charge in [0, 0.05) is 24.2 Å². The Bertz CT molecular complexity index is 1060. The Labute approximate surface area is 174 Å². The molecule has 1 aromatic carbocycles. The molecule has 0 atom stereocenters. The van der Waals surface area contributed by atoms with Gasteiger partial charge in [-0.25, -0.2) is 4.98 Å². The minimum atomic E-state index is -0.487. The molecule has 2 aromatic heterocycles. The molecular formula is C21H25N7O2. The van der Waals surface area contributed by atoms with Gasteiger partial charge in [-0.05, 0) is 55.7 Å². The number of nitrogens with zero attached hydrogens (tertiary/aromatic N) is 4. The Morgan fingerprint density at radius 2 is 1.90 bits per heavy atom. The molecule has 0 spiro atoms. The fourth-order valence-corrected chi connectivity index (χ4v) is 4.09. The van der Waals surface area contributed by atoms with Crippen molar-refractivity contribution in [3.63, 3.8) is 0 Å². The lowest BCUT2D eigenvalue weighted by Gasteiger charge is -2.25. The predicted molar refractivity (Wildman–Crippen MR) is 116 cm³/mol. The highest BCUT2D eigenvalue weighted by Gasteiger charge is 2.27. The van der Waals surface area contributed by atoms with Crippen LogP contribution in [0, 0.1) is 16.0 Å². The van der Waals surface area contributed by atoms with E-state index >= 15 is 0 Å². The van der Waals surface area contributed by atoms with Gasteiger partial charge in [0.15, 0.2) is 0 Å². The molecule has 1 aliphatic rings. The normalized spacial score (nSPS) is 19.0. The fraction of sp³-hybridized carbons (Fsp3) is 0.381. The maximum absolute atomic E-state index is 11.6. The van der Waals surface area contributed by atoms with E-state index in [4.69, 9.17) is 11.5 Å². The third kappa shape index (κ3) is 4.30. The summed E-state index contributed by atoms with van der Waals surface area (Å²) in [6.07, 6.45) is 5.99. The number of nitro groups is 1. The van der Waals surface area contributed by atoms with Crippen LogP contribution in [0.25, 0.3) is 10.9 Å². The molecule has 1 aliphatic carbocycles. The summed E-state index contributed by atoms with van der Waals surface area (Å²) in [7, 11) is 0. The average Bonchev–Trinajstić information content (AvgIpc) is 2.73. The number of nitrogen functional groups attached to an aromatic ring is 1. The van der Waals surface area contributed by atoms with Crippen LogP contribution >= 0.6 is 0 Å². The molecule has 156 valence electrons. The van der Waals surface area contributed by atoms with Crippen molar-refractivity contribution in [2.45, 2.75) is 44.7 Å². The zero-order valence-electron chi connectivity index (χ0n) is 16.6. The van der Waals surface area contributed by atoms with Crippen molar-refractivity contribution in [3.05, 3.63) is 57.9 Å². The summed E-state index contributed by atoms with van der Waals surface area (Å²) < 4.78 is 0. The molecule has 1 saturated carbocycles. The maximum atomic E-state index is 11.6. The largest absolute Gasteiger partial charge is 0.378 e. The van der Waals surface area contributed by atoms with Gasteiger partial charge in [0.2, 0.25) is 11.8 Å². The Kier molecular flexibility index (Phi) is 5.71. The van der Waals surface area contributed by atoms with Crippen LogP contribution in [0.3, 0.4) is 0 Å². The van der Waals surface area contributed by atoms with E-state index in [1.165, 1.54) is 0 Å². The number of pyridine rings is 1. The van der Waals surface area contributed by atoms with Crippen LogP contribution in [0.5, 0.6) is 0 Å². The Hall–Kier alpha value is -3.33. The third-order valence-corrected chi connectivity index (χ3v) is 5.72. The van der Waals surface area contributed by atoms with Gasteiger partial charge in [-0.3, -0.25) is 15.1 Å². The number of para-hydroxylation sites is 1. The minimum Gasteiger partial charge on any atom is -0.378 e. The Morgan fingerprint density at radius 3 is 2.67 bits per heavy atom. The summed E-state index contributed by atoms with van der Waals surface area (Å²) in [4.78, 5) is 24.1. The topological polar surface area (TPSA) is 146 Å². The van der Waals surface area contributed by atoms with Gasteiger partial charge in [-0.1, -0.05) is 18.2 Å². The molecule has 4 rings (SSSR count).